The van der Waals surface area contributed by atoms with Crippen LogP contribution in [0.15, 0.2) is 30.6 Å². The number of rotatable bonds is 5. The van der Waals surface area contributed by atoms with Gasteiger partial charge < -0.3 is 10.4 Å². The van der Waals surface area contributed by atoms with Crippen LogP contribution in [0.3, 0.4) is 0 Å². The summed E-state index contributed by atoms with van der Waals surface area (Å²) in [5, 5.41) is 22.1. The van der Waals surface area contributed by atoms with Crippen molar-refractivity contribution < 1.29 is 14.7 Å². The smallest absolute Gasteiger partial charge is 0.308 e. The minimum absolute atomic E-state index is 0.0727. The second kappa shape index (κ2) is 5.91. The van der Waals surface area contributed by atoms with Crippen LogP contribution < -0.4 is 5.32 Å². The first-order valence-corrected chi connectivity index (χ1v) is 5.92. The van der Waals surface area contributed by atoms with E-state index in [1.807, 2.05) is 0 Å². The third-order valence-corrected chi connectivity index (χ3v) is 2.71. The van der Waals surface area contributed by atoms with Crippen LogP contribution in [-0.2, 0) is 4.79 Å². The minimum Gasteiger partial charge on any atom is -0.481 e. The van der Waals surface area contributed by atoms with Crippen LogP contribution in [-0.4, -0.2) is 43.7 Å². The van der Waals surface area contributed by atoms with E-state index < -0.39 is 11.9 Å². The van der Waals surface area contributed by atoms with Gasteiger partial charge in [-0.1, -0.05) is 13.0 Å². The maximum atomic E-state index is 11.9. The van der Waals surface area contributed by atoms with Crippen LogP contribution in [0.5, 0.6) is 0 Å². The molecule has 1 unspecified atom stereocenters. The number of nitrogens with zero attached hydrogens (tertiary/aromatic N) is 4. The van der Waals surface area contributed by atoms with Crippen molar-refractivity contribution in [2.75, 3.05) is 6.54 Å². The molecule has 1 aromatic carbocycles. The lowest BCUT2D eigenvalue weighted by molar-refractivity contribution is -0.140. The number of carbonyl (C=O) groups excluding carboxylic acids is 1. The molecule has 8 nitrogen and oxygen atoms in total. The van der Waals surface area contributed by atoms with Gasteiger partial charge in [-0.2, -0.15) is 0 Å². The Morgan fingerprint density at radius 3 is 2.90 bits per heavy atom. The van der Waals surface area contributed by atoms with Gasteiger partial charge in [-0.15, -0.1) is 5.10 Å². The number of carbonyl (C=O) groups is 2. The molecule has 1 atom stereocenters. The van der Waals surface area contributed by atoms with Crippen molar-refractivity contribution >= 4 is 11.9 Å². The largest absolute Gasteiger partial charge is 0.481 e. The maximum Gasteiger partial charge on any atom is 0.308 e. The van der Waals surface area contributed by atoms with Gasteiger partial charge in [0.05, 0.1) is 11.6 Å². The fraction of sp³-hybridized carbons (Fsp3) is 0.250. The van der Waals surface area contributed by atoms with Gasteiger partial charge in [0.25, 0.3) is 5.91 Å². The number of carboxylic acids is 1. The number of hydrogen-bond acceptors (Lipinski definition) is 5. The lowest BCUT2D eigenvalue weighted by Gasteiger charge is -2.09. The van der Waals surface area contributed by atoms with E-state index in [9.17, 15) is 9.59 Å². The highest BCUT2D eigenvalue weighted by atomic mass is 16.4. The Balaban J connectivity index is 2.07. The van der Waals surface area contributed by atoms with Gasteiger partial charge in [-0.25, -0.2) is 4.68 Å². The Kier molecular flexibility index (Phi) is 4.04. The monoisotopic (exact) mass is 275 g/mol. The zero-order valence-electron chi connectivity index (χ0n) is 10.7. The summed E-state index contributed by atoms with van der Waals surface area (Å²) in [6.07, 6.45) is 1.42. The van der Waals surface area contributed by atoms with Crippen LogP contribution in [0, 0.1) is 5.92 Å². The summed E-state index contributed by atoms with van der Waals surface area (Å²) in [7, 11) is 0. The molecule has 2 aromatic rings. The molecule has 0 spiro atoms. The SMILES string of the molecule is CC(CNC(=O)c1cccc(-n2cnnn2)c1)C(=O)O. The summed E-state index contributed by atoms with van der Waals surface area (Å²) < 4.78 is 1.43. The van der Waals surface area contributed by atoms with Crippen molar-refractivity contribution in [2.45, 2.75) is 6.92 Å². The Labute approximate surface area is 114 Å². The van der Waals surface area contributed by atoms with Crippen LogP contribution in [0.2, 0.25) is 0 Å². The first-order chi connectivity index (χ1) is 9.58. The van der Waals surface area contributed by atoms with Crippen LogP contribution in [0.25, 0.3) is 5.69 Å². The summed E-state index contributed by atoms with van der Waals surface area (Å²) in [5.74, 6) is -1.93. The Morgan fingerprint density at radius 2 is 2.25 bits per heavy atom. The van der Waals surface area contributed by atoms with E-state index in [1.54, 1.807) is 24.3 Å². The van der Waals surface area contributed by atoms with E-state index in [1.165, 1.54) is 17.9 Å². The molecule has 0 radical (unpaired) electrons. The van der Waals surface area contributed by atoms with Gasteiger partial charge in [0.15, 0.2) is 0 Å². The molecule has 1 heterocycles. The summed E-state index contributed by atoms with van der Waals surface area (Å²) in [5.41, 5.74) is 1.06. The normalized spacial score (nSPS) is 11.8. The van der Waals surface area contributed by atoms with Crippen molar-refractivity contribution in [3.8, 4) is 5.69 Å². The predicted molar refractivity (Wildman–Crippen MR) is 68.3 cm³/mol. The molecule has 8 heteroatoms. The first-order valence-electron chi connectivity index (χ1n) is 5.92. The number of hydrogen-bond donors (Lipinski definition) is 2. The van der Waals surface area contributed by atoms with Crippen molar-refractivity contribution in [3.05, 3.63) is 36.2 Å². The molecule has 20 heavy (non-hydrogen) atoms. The molecule has 0 aliphatic carbocycles. The molecule has 0 saturated carbocycles. The van der Waals surface area contributed by atoms with Gasteiger partial charge >= 0.3 is 5.97 Å². The standard InChI is InChI=1S/C12H13N5O3/c1-8(12(19)20)6-13-11(18)9-3-2-4-10(5-9)17-7-14-15-16-17/h2-5,7-8H,6H2,1H3,(H,13,18)(H,19,20). The third kappa shape index (κ3) is 3.16. The van der Waals surface area contributed by atoms with Gasteiger partial charge in [0.1, 0.15) is 6.33 Å². The fourth-order valence-corrected chi connectivity index (χ4v) is 1.50. The van der Waals surface area contributed by atoms with Crippen molar-refractivity contribution in [1.82, 2.24) is 25.5 Å². The summed E-state index contributed by atoms with van der Waals surface area (Å²) in [6.45, 7) is 1.60. The molecular weight excluding hydrogens is 262 g/mol. The van der Waals surface area contributed by atoms with Crippen molar-refractivity contribution in [3.63, 3.8) is 0 Å². The van der Waals surface area contributed by atoms with E-state index in [-0.39, 0.29) is 12.5 Å². The molecule has 0 bridgehead atoms. The summed E-state index contributed by atoms with van der Waals surface area (Å²) in [6, 6.07) is 6.71. The van der Waals surface area contributed by atoms with Crippen LogP contribution >= 0.6 is 0 Å². The number of tetrazole rings is 1. The summed E-state index contributed by atoms with van der Waals surface area (Å²) in [4.78, 5) is 22.6. The maximum absolute atomic E-state index is 11.9. The third-order valence-electron chi connectivity index (χ3n) is 2.71. The molecule has 1 aromatic heterocycles. The predicted octanol–water partition coefficient (Wildman–Crippen LogP) is 0.113. The second-order valence-corrected chi connectivity index (χ2v) is 4.25. The topological polar surface area (TPSA) is 110 Å². The zero-order chi connectivity index (χ0) is 14.5. The molecule has 1 amide bonds. The van der Waals surface area contributed by atoms with E-state index in [0.29, 0.717) is 11.3 Å². The van der Waals surface area contributed by atoms with Gasteiger partial charge in [-0.3, -0.25) is 9.59 Å². The zero-order valence-corrected chi connectivity index (χ0v) is 10.7. The highest BCUT2D eigenvalue weighted by Crippen LogP contribution is 2.08. The molecule has 0 saturated heterocycles. The lowest BCUT2D eigenvalue weighted by Crippen LogP contribution is -2.31. The average Bonchev–Trinajstić information content (AvgIpc) is 2.98. The summed E-state index contributed by atoms with van der Waals surface area (Å²) >= 11 is 0. The van der Waals surface area contributed by atoms with Gasteiger partial charge in [0.2, 0.25) is 0 Å². The minimum atomic E-state index is -0.951. The van der Waals surface area contributed by atoms with E-state index >= 15 is 0 Å². The van der Waals surface area contributed by atoms with Crippen molar-refractivity contribution in [2.24, 2.45) is 5.92 Å². The van der Waals surface area contributed by atoms with E-state index in [4.69, 9.17) is 5.11 Å². The van der Waals surface area contributed by atoms with Gasteiger partial charge in [-0.05, 0) is 28.6 Å². The van der Waals surface area contributed by atoms with Crippen LogP contribution in [0.4, 0.5) is 0 Å². The number of aromatic nitrogens is 4. The average molecular weight is 275 g/mol. The quantitative estimate of drug-likeness (QED) is 0.801. The first kappa shape index (κ1) is 13.7. The number of nitrogens with one attached hydrogen (secondary N) is 1. The molecule has 104 valence electrons. The fourth-order valence-electron chi connectivity index (χ4n) is 1.50. The number of aliphatic carboxylic acids is 1. The molecule has 0 fully saturated rings. The Bertz CT molecular complexity index is 611. The Hall–Kier alpha value is -2.77. The van der Waals surface area contributed by atoms with Crippen molar-refractivity contribution in [1.29, 1.82) is 0 Å². The molecule has 2 rings (SSSR count). The number of amides is 1. The number of carboxylic acid groups (broad SMARTS) is 1. The Morgan fingerprint density at radius 1 is 1.45 bits per heavy atom. The second-order valence-electron chi connectivity index (χ2n) is 4.25. The molecule has 2 N–H and O–H groups in total. The lowest BCUT2D eigenvalue weighted by atomic mass is 10.1. The molecule has 0 aliphatic heterocycles. The van der Waals surface area contributed by atoms with E-state index in [2.05, 4.69) is 20.8 Å². The number of benzene rings is 1. The molecular formula is C12H13N5O3. The molecule has 0 aliphatic rings. The highest BCUT2D eigenvalue weighted by Gasteiger charge is 2.13. The van der Waals surface area contributed by atoms with Crippen LogP contribution in [0.1, 0.15) is 17.3 Å². The van der Waals surface area contributed by atoms with E-state index in [0.717, 1.165) is 0 Å². The van der Waals surface area contributed by atoms with Gasteiger partial charge in [0, 0.05) is 12.1 Å². The highest BCUT2D eigenvalue weighted by molar-refractivity contribution is 5.94.